The summed E-state index contributed by atoms with van der Waals surface area (Å²) in [7, 11) is -3.48. The predicted octanol–water partition coefficient (Wildman–Crippen LogP) is 1.45. The summed E-state index contributed by atoms with van der Waals surface area (Å²) >= 11 is 0. The summed E-state index contributed by atoms with van der Waals surface area (Å²) < 4.78 is 22.6. The molecule has 17 heavy (non-hydrogen) atoms. The van der Waals surface area contributed by atoms with Crippen molar-refractivity contribution in [3.05, 3.63) is 52.8 Å². The van der Waals surface area contributed by atoms with E-state index in [2.05, 4.69) is 4.98 Å². The molecule has 2 aromatic rings. The molecule has 0 unspecified atom stereocenters. The normalized spacial score (nSPS) is 11.4. The van der Waals surface area contributed by atoms with Crippen LogP contribution in [0, 0.1) is 0 Å². The lowest BCUT2D eigenvalue weighted by molar-refractivity contribution is 0.600. The summed E-state index contributed by atoms with van der Waals surface area (Å²) in [4.78, 5) is 14.0. The van der Waals surface area contributed by atoms with Crippen molar-refractivity contribution in [1.82, 2.24) is 4.98 Å². The van der Waals surface area contributed by atoms with Gasteiger partial charge in [0, 0.05) is 11.9 Å². The van der Waals surface area contributed by atoms with Crippen LogP contribution in [0.4, 0.5) is 0 Å². The molecule has 1 N–H and O–H groups in total. The zero-order valence-corrected chi connectivity index (χ0v) is 9.99. The minimum Gasteiger partial charge on any atom is -0.321 e. The Morgan fingerprint density at radius 2 is 1.65 bits per heavy atom. The van der Waals surface area contributed by atoms with E-state index in [0.29, 0.717) is 5.69 Å². The van der Waals surface area contributed by atoms with E-state index in [4.69, 9.17) is 0 Å². The van der Waals surface area contributed by atoms with Gasteiger partial charge in [0.15, 0.2) is 9.84 Å². The van der Waals surface area contributed by atoms with Gasteiger partial charge in [-0.2, -0.15) is 0 Å². The molecule has 0 aliphatic heterocycles. The zero-order chi connectivity index (χ0) is 12.5. The van der Waals surface area contributed by atoms with Crippen LogP contribution < -0.4 is 5.56 Å². The Labute approximate surface area is 98.9 Å². The maximum Gasteiger partial charge on any atom is 0.267 e. The Hall–Kier alpha value is -1.88. The molecule has 1 heterocycles. The van der Waals surface area contributed by atoms with Crippen molar-refractivity contribution in [2.45, 2.75) is 4.90 Å². The van der Waals surface area contributed by atoms with Gasteiger partial charge < -0.3 is 4.98 Å². The van der Waals surface area contributed by atoms with Gasteiger partial charge in [0.1, 0.15) is 4.90 Å². The Morgan fingerprint density at radius 3 is 2.18 bits per heavy atom. The molecular weight excluding hydrogens is 238 g/mol. The summed E-state index contributed by atoms with van der Waals surface area (Å²) in [6, 6.07) is 12.2. The molecule has 2 rings (SSSR count). The second-order valence-electron chi connectivity index (χ2n) is 3.70. The van der Waals surface area contributed by atoms with Crippen LogP contribution in [-0.4, -0.2) is 19.7 Å². The molecular formula is C12H11NO3S. The first-order valence-corrected chi connectivity index (χ1v) is 6.86. The van der Waals surface area contributed by atoms with Crippen molar-refractivity contribution in [3.63, 3.8) is 0 Å². The molecule has 0 amide bonds. The van der Waals surface area contributed by atoms with Crippen LogP contribution in [0.1, 0.15) is 0 Å². The second kappa shape index (κ2) is 4.18. The van der Waals surface area contributed by atoms with Crippen LogP contribution >= 0.6 is 0 Å². The zero-order valence-electron chi connectivity index (χ0n) is 9.17. The SMILES string of the molecule is CS(=O)(=O)c1ccc(-c2ccccc2)[nH]c1=O. The topological polar surface area (TPSA) is 67.0 Å². The van der Waals surface area contributed by atoms with Gasteiger partial charge in [-0.25, -0.2) is 8.42 Å². The third kappa shape index (κ3) is 2.45. The summed E-state index contributed by atoms with van der Waals surface area (Å²) in [6.07, 6.45) is 1.01. The van der Waals surface area contributed by atoms with Crippen LogP contribution in [0.25, 0.3) is 11.3 Å². The third-order valence-electron chi connectivity index (χ3n) is 2.36. The highest BCUT2D eigenvalue weighted by Gasteiger charge is 2.12. The number of hydrogen-bond donors (Lipinski definition) is 1. The van der Waals surface area contributed by atoms with Gasteiger partial charge in [-0.05, 0) is 17.7 Å². The van der Waals surface area contributed by atoms with Crippen LogP contribution in [-0.2, 0) is 9.84 Å². The van der Waals surface area contributed by atoms with Gasteiger partial charge >= 0.3 is 0 Å². The van der Waals surface area contributed by atoms with E-state index in [9.17, 15) is 13.2 Å². The van der Waals surface area contributed by atoms with Crippen molar-refractivity contribution >= 4 is 9.84 Å². The fourth-order valence-corrected chi connectivity index (χ4v) is 2.24. The van der Waals surface area contributed by atoms with E-state index in [0.717, 1.165) is 11.8 Å². The van der Waals surface area contributed by atoms with Gasteiger partial charge in [0.2, 0.25) is 0 Å². The van der Waals surface area contributed by atoms with Crippen LogP contribution in [0.2, 0.25) is 0 Å². The number of aromatic nitrogens is 1. The molecule has 0 radical (unpaired) electrons. The van der Waals surface area contributed by atoms with Gasteiger partial charge in [-0.15, -0.1) is 0 Å². The minimum absolute atomic E-state index is 0.211. The van der Waals surface area contributed by atoms with E-state index in [1.165, 1.54) is 6.07 Å². The number of rotatable bonds is 2. The molecule has 5 heteroatoms. The smallest absolute Gasteiger partial charge is 0.267 e. The monoisotopic (exact) mass is 249 g/mol. The van der Waals surface area contributed by atoms with Gasteiger partial charge in [-0.3, -0.25) is 4.79 Å². The van der Waals surface area contributed by atoms with Crippen molar-refractivity contribution in [1.29, 1.82) is 0 Å². The predicted molar refractivity (Wildman–Crippen MR) is 65.6 cm³/mol. The minimum atomic E-state index is -3.48. The molecule has 0 aliphatic carbocycles. The molecule has 0 fully saturated rings. The summed E-state index contributed by atoms with van der Waals surface area (Å²) in [5, 5.41) is 0. The van der Waals surface area contributed by atoms with Crippen LogP contribution in [0.15, 0.2) is 52.2 Å². The fourth-order valence-electron chi connectivity index (χ4n) is 1.54. The maximum absolute atomic E-state index is 11.6. The lowest BCUT2D eigenvalue weighted by Gasteiger charge is -2.02. The first kappa shape index (κ1) is 11.6. The van der Waals surface area contributed by atoms with E-state index >= 15 is 0 Å². The number of aromatic amines is 1. The average Bonchev–Trinajstić information content (AvgIpc) is 2.28. The van der Waals surface area contributed by atoms with E-state index in [1.54, 1.807) is 6.07 Å². The summed E-state index contributed by atoms with van der Waals surface area (Å²) in [5.41, 5.74) is 0.849. The van der Waals surface area contributed by atoms with Crippen molar-refractivity contribution in [3.8, 4) is 11.3 Å². The molecule has 0 aliphatic rings. The highest BCUT2D eigenvalue weighted by atomic mass is 32.2. The lowest BCUT2D eigenvalue weighted by Crippen LogP contribution is -2.16. The van der Waals surface area contributed by atoms with Gasteiger partial charge in [-0.1, -0.05) is 30.3 Å². The maximum atomic E-state index is 11.6. The number of sulfone groups is 1. The molecule has 0 bridgehead atoms. The van der Waals surface area contributed by atoms with E-state index in [-0.39, 0.29) is 4.90 Å². The molecule has 0 saturated heterocycles. The molecule has 0 atom stereocenters. The number of hydrogen-bond acceptors (Lipinski definition) is 3. The Kier molecular flexibility index (Phi) is 2.85. The first-order chi connectivity index (χ1) is 7.98. The molecule has 1 aromatic carbocycles. The molecule has 88 valence electrons. The standard InChI is InChI=1S/C12H11NO3S/c1-17(15,16)11-8-7-10(13-12(11)14)9-5-3-2-4-6-9/h2-8H,1H3,(H,13,14). The first-order valence-electron chi connectivity index (χ1n) is 4.97. The largest absolute Gasteiger partial charge is 0.321 e. The second-order valence-corrected chi connectivity index (χ2v) is 5.69. The molecule has 1 aromatic heterocycles. The molecule has 0 spiro atoms. The van der Waals surface area contributed by atoms with Crippen molar-refractivity contribution < 1.29 is 8.42 Å². The molecule has 4 nitrogen and oxygen atoms in total. The fraction of sp³-hybridized carbons (Fsp3) is 0.0833. The number of H-pyrrole nitrogens is 1. The number of pyridine rings is 1. The van der Waals surface area contributed by atoms with Crippen LogP contribution in [0.5, 0.6) is 0 Å². The third-order valence-corrected chi connectivity index (χ3v) is 3.48. The number of nitrogens with one attached hydrogen (secondary N) is 1. The highest BCUT2D eigenvalue weighted by Crippen LogP contribution is 2.15. The van der Waals surface area contributed by atoms with Crippen molar-refractivity contribution in [2.75, 3.05) is 6.26 Å². The van der Waals surface area contributed by atoms with Gasteiger partial charge in [0.25, 0.3) is 5.56 Å². The number of benzene rings is 1. The Bertz CT molecular complexity index is 687. The Balaban J connectivity index is 2.57. The quantitative estimate of drug-likeness (QED) is 0.875. The van der Waals surface area contributed by atoms with E-state index in [1.807, 2.05) is 30.3 Å². The van der Waals surface area contributed by atoms with E-state index < -0.39 is 15.4 Å². The molecule has 0 saturated carbocycles. The summed E-state index contributed by atoms with van der Waals surface area (Å²) in [6.45, 7) is 0. The van der Waals surface area contributed by atoms with Crippen LogP contribution in [0.3, 0.4) is 0 Å². The lowest BCUT2D eigenvalue weighted by atomic mass is 10.1. The highest BCUT2D eigenvalue weighted by molar-refractivity contribution is 7.90. The summed E-state index contributed by atoms with van der Waals surface area (Å²) in [5.74, 6) is 0. The Morgan fingerprint density at radius 1 is 1.00 bits per heavy atom. The van der Waals surface area contributed by atoms with Crippen molar-refractivity contribution in [2.24, 2.45) is 0 Å². The van der Waals surface area contributed by atoms with Gasteiger partial charge in [0.05, 0.1) is 0 Å². The average molecular weight is 249 g/mol.